The summed E-state index contributed by atoms with van der Waals surface area (Å²) in [5.41, 5.74) is 2.08. The van der Waals surface area contributed by atoms with Crippen LogP contribution in [0.1, 0.15) is 26.2 Å². The zero-order valence-corrected chi connectivity index (χ0v) is 16.0. The zero-order chi connectivity index (χ0) is 18.6. The second-order valence-electron chi connectivity index (χ2n) is 7.32. The van der Waals surface area contributed by atoms with Crippen molar-refractivity contribution in [3.05, 3.63) is 36.4 Å². The number of carbonyl (C=O) groups is 1. The highest BCUT2D eigenvalue weighted by Gasteiger charge is 2.22. The lowest BCUT2D eigenvalue weighted by Gasteiger charge is -2.35. The summed E-state index contributed by atoms with van der Waals surface area (Å²) in [5.74, 6) is 1.95. The molecule has 0 unspecified atom stereocenters. The summed E-state index contributed by atoms with van der Waals surface area (Å²) in [7, 11) is 0. The summed E-state index contributed by atoms with van der Waals surface area (Å²) in [4.78, 5) is 27.9. The fourth-order valence-electron chi connectivity index (χ4n) is 3.83. The van der Waals surface area contributed by atoms with Crippen LogP contribution in [0, 0.1) is 0 Å². The third kappa shape index (κ3) is 4.04. The van der Waals surface area contributed by atoms with Crippen molar-refractivity contribution in [1.29, 1.82) is 0 Å². The molecule has 0 N–H and O–H groups in total. The lowest BCUT2D eigenvalue weighted by molar-refractivity contribution is -0.129. The number of carbonyl (C=O) groups excluding carboxylic acids is 1. The summed E-state index contributed by atoms with van der Waals surface area (Å²) >= 11 is 0. The molecule has 6 nitrogen and oxygen atoms in total. The number of piperazine rings is 1. The smallest absolute Gasteiger partial charge is 0.227 e. The van der Waals surface area contributed by atoms with E-state index in [1.54, 1.807) is 6.92 Å². The Balaban J connectivity index is 1.65. The lowest BCUT2D eigenvalue weighted by atomic mass is 10.1. The molecule has 0 bridgehead atoms. The van der Waals surface area contributed by atoms with Gasteiger partial charge >= 0.3 is 0 Å². The summed E-state index contributed by atoms with van der Waals surface area (Å²) in [5, 5.41) is 0. The molecule has 6 heteroatoms. The number of hydrogen-bond donors (Lipinski definition) is 0. The van der Waals surface area contributed by atoms with Crippen molar-refractivity contribution in [2.75, 3.05) is 49.1 Å². The van der Waals surface area contributed by atoms with Gasteiger partial charge in [0, 0.05) is 57.8 Å². The van der Waals surface area contributed by atoms with E-state index in [2.05, 4.69) is 28.0 Å². The molecule has 0 saturated carbocycles. The first-order chi connectivity index (χ1) is 13.2. The fraction of sp³-hybridized carbons (Fsp3) is 0.476. The maximum atomic E-state index is 11.6. The molecule has 0 radical (unpaired) electrons. The average molecular weight is 365 g/mol. The van der Waals surface area contributed by atoms with Gasteiger partial charge in [-0.3, -0.25) is 4.79 Å². The number of piperidine rings is 1. The number of rotatable bonds is 3. The van der Waals surface area contributed by atoms with Crippen LogP contribution < -0.4 is 9.80 Å². The van der Waals surface area contributed by atoms with E-state index in [4.69, 9.17) is 9.97 Å². The third-order valence-corrected chi connectivity index (χ3v) is 5.46. The van der Waals surface area contributed by atoms with Gasteiger partial charge in [0.15, 0.2) is 0 Å². The van der Waals surface area contributed by atoms with Crippen LogP contribution in [0.25, 0.3) is 11.3 Å². The predicted octanol–water partition coefficient (Wildman–Crippen LogP) is 2.80. The van der Waals surface area contributed by atoms with E-state index in [9.17, 15) is 4.79 Å². The zero-order valence-electron chi connectivity index (χ0n) is 16.0. The molecular formula is C21H27N5O. The monoisotopic (exact) mass is 365 g/mol. The highest BCUT2D eigenvalue weighted by atomic mass is 16.2. The fourth-order valence-corrected chi connectivity index (χ4v) is 3.83. The number of amides is 1. The molecule has 1 aromatic heterocycles. The van der Waals surface area contributed by atoms with Crippen LogP contribution in [0.15, 0.2) is 36.4 Å². The van der Waals surface area contributed by atoms with E-state index >= 15 is 0 Å². The summed E-state index contributed by atoms with van der Waals surface area (Å²) in [6.45, 7) is 6.81. The minimum absolute atomic E-state index is 0.149. The van der Waals surface area contributed by atoms with E-state index in [-0.39, 0.29) is 5.91 Å². The van der Waals surface area contributed by atoms with Gasteiger partial charge in [0.2, 0.25) is 11.9 Å². The van der Waals surface area contributed by atoms with E-state index in [0.29, 0.717) is 0 Å². The molecular weight excluding hydrogens is 338 g/mol. The van der Waals surface area contributed by atoms with Crippen molar-refractivity contribution in [3.63, 3.8) is 0 Å². The van der Waals surface area contributed by atoms with Crippen LogP contribution in [-0.2, 0) is 4.79 Å². The van der Waals surface area contributed by atoms with E-state index in [1.165, 1.54) is 19.3 Å². The molecule has 3 heterocycles. The summed E-state index contributed by atoms with van der Waals surface area (Å²) in [6, 6.07) is 12.4. The Kier molecular flexibility index (Phi) is 5.23. The van der Waals surface area contributed by atoms with Crippen LogP contribution in [0.5, 0.6) is 0 Å². The number of nitrogens with zero attached hydrogens (tertiary/aromatic N) is 5. The number of benzene rings is 1. The number of hydrogen-bond acceptors (Lipinski definition) is 5. The second kappa shape index (κ2) is 7.94. The van der Waals surface area contributed by atoms with Gasteiger partial charge in [-0.15, -0.1) is 0 Å². The molecule has 142 valence electrons. The second-order valence-corrected chi connectivity index (χ2v) is 7.32. The Hall–Kier alpha value is -2.63. The first-order valence-corrected chi connectivity index (χ1v) is 9.90. The lowest BCUT2D eigenvalue weighted by Crippen LogP contribution is -2.48. The third-order valence-electron chi connectivity index (χ3n) is 5.46. The van der Waals surface area contributed by atoms with Crippen molar-refractivity contribution in [2.24, 2.45) is 0 Å². The molecule has 1 aromatic carbocycles. The molecule has 4 rings (SSSR count). The Morgan fingerprint density at radius 1 is 0.852 bits per heavy atom. The summed E-state index contributed by atoms with van der Waals surface area (Å²) in [6.07, 6.45) is 3.69. The van der Waals surface area contributed by atoms with E-state index in [0.717, 1.165) is 62.3 Å². The first kappa shape index (κ1) is 17.8. The highest BCUT2D eigenvalue weighted by Crippen LogP contribution is 2.27. The molecule has 2 aromatic rings. The molecule has 0 aliphatic carbocycles. The van der Waals surface area contributed by atoms with Crippen molar-refractivity contribution >= 4 is 17.7 Å². The Morgan fingerprint density at radius 2 is 1.56 bits per heavy atom. The highest BCUT2D eigenvalue weighted by molar-refractivity contribution is 5.73. The van der Waals surface area contributed by atoms with E-state index < -0.39 is 0 Å². The number of aromatic nitrogens is 2. The van der Waals surface area contributed by atoms with E-state index in [1.807, 2.05) is 23.1 Å². The maximum Gasteiger partial charge on any atom is 0.227 e. The predicted molar refractivity (Wildman–Crippen MR) is 108 cm³/mol. The van der Waals surface area contributed by atoms with Crippen LogP contribution in [-0.4, -0.2) is 60.0 Å². The van der Waals surface area contributed by atoms with Gasteiger partial charge in [-0.1, -0.05) is 30.3 Å². The molecule has 2 fully saturated rings. The van der Waals surface area contributed by atoms with Gasteiger partial charge in [0.1, 0.15) is 5.82 Å². The molecule has 1 amide bonds. The van der Waals surface area contributed by atoms with Crippen LogP contribution >= 0.6 is 0 Å². The minimum atomic E-state index is 0.149. The molecule has 2 aliphatic heterocycles. The van der Waals surface area contributed by atoms with Gasteiger partial charge in [0.05, 0.1) is 5.69 Å². The Labute approximate surface area is 160 Å². The maximum absolute atomic E-state index is 11.6. The Morgan fingerprint density at radius 3 is 2.22 bits per heavy atom. The minimum Gasteiger partial charge on any atom is -0.353 e. The van der Waals surface area contributed by atoms with Crippen molar-refractivity contribution in [2.45, 2.75) is 26.2 Å². The number of anilines is 2. The largest absolute Gasteiger partial charge is 0.353 e. The molecule has 27 heavy (non-hydrogen) atoms. The van der Waals surface area contributed by atoms with Crippen molar-refractivity contribution in [3.8, 4) is 11.3 Å². The normalized spacial score (nSPS) is 17.9. The average Bonchev–Trinajstić information content (AvgIpc) is 2.75. The van der Waals surface area contributed by atoms with Gasteiger partial charge < -0.3 is 14.7 Å². The SMILES string of the molecule is CC(=O)N1CCN(c2cc(-c3ccccc3)nc(N3CCCCC3)n2)CC1. The summed E-state index contributed by atoms with van der Waals surface area (Å²) < 4.78 is 0. The van der Waals surface area contributed by atoms with Gasteiger partial charge in [-0.2, -0.15) is 4.98 Å². The topological polar surface area (TPSA) is 52.6 Å². The Bertz CT molecular complexity index is 780. The van der Waals surface area contributed by atoms with Crippen LogP contribution in [0.2, 0.25) is 0 Å². The van der Waals surface area contributed by atoms with Crippen LogP contribution in [0.3, 0.4) is 0 Å². The van der Waals surface area contributed by atoms with Gasteiger partial charge in [0.25, 0.3) is 0 Å². The first-order valence-electron chi connectivity index (χ1n) is 9.90. The van der Waals surface area contributed by atoms with Gasteiger partial charge in [-0.05, 0) is 19.3 Å². The molecule has 2 aliphatic rings. The molecule has 0 atom stereocenters. The van der Waals surface area contributed by atoms with Crippen LogP contribution in [0.4, 0.5) is 11.8 Å². The van der Waals surface area contributed by atoms with Crippen molar-refractivity contribution < 1.29 is 4.79 Å². The molecule has 0 spiro atoms. The molecule has 2 saturated heterocycles. The standard InChI is InChI=1S/C21H27N5O/c1-17(27)24-12-14-25(15-13-24)20-16-19(18-8-4-2-5-9-18)22-21(23-20)26-10-6-3-7-11-26/h2,4-5,8-9,16H,3,6-7,10-15H2,1H3. The van der Waals surface area contributed by atoms with Crippen molar-refractivity contribution in [1.82, 2.24) is 14.9 Å². The quantitative estimate of drug-likeness (QED) is 0.837. The van der Waals surface area contributed by atoms with Gasteiger partial charge in [-0.25, -0.2) is 4.98 Å².